The molecule has 1 aliphatic heterocycles. The smallest absolute Gasteiger partial charge is 0.0243 e. The van der Waals surface area contributed by atoms with Crippen molar-refractivity contribution in [3.8, 4) is 0 Å². The van der Waals surface area contributed by atoms with Crippen LogP contribution in [0.4, 0.5) is 0 Å². The second-order valence-corrected chi connectivity index (χ2v) is 14.9. The lowest BCUT2D eigenvalue weighted by Crippen LogP contribution is -2.31. The normalized spacial score (nSPS) is 18.1. The minimum absolute atomic E-state index is 0.119. The van der Waals surface area contributed by atoms with Crippen molar-refractivity contribution in [2.75, 3.05) is 6.54 Å². The Kier molecular flexibility index (Phi) is 7.24. The van der Waals surface area contributed by atoms with Crippen molar-refractivity contribution in [2.45, 2.75) is 130 Å². The number of hydrogen-bond donors (Lipinski definition) is 1. The zero-order valence-electron chi connectivity index (χ0n) is 24.2. The van der Waals surface area contributed by atoms with Crippen LogP contribution in [0.1, 0.15) is 135 Å². The summed E-state index contributed by atoms with van der Waals surface area (Å²) in [7, 11) is 0. The Labute approximate surface area is 211 Å². The highest BCUT2D eigenvalue weighted by Crippen LogP contribution is 2.40. The van der Waals surface area contributed by atoms with Crippen molar-refractivity contribution in [3.05, 3.63) is 69.8 Å². The largest absolute Gasteiger partial charge is 0.313 e. The van der Waals surface area contributed by atoms with Crippen molar-refractivity contribution in [2.24, 2.45) is 0 Å². The SMILES string of the molecule is CC(C)(C)c1cc(C(c2cc(C(C)(C)C)cc(C(C)(C)C)c2)[C@@H]2CCCN2)cc(C(C)(C)C)c1. The predicted molar refractivity (Wildman–Crippen MR) is 151 cm³/mol. The summed E-state index contributed by atoms with van der Waals surface area (Å²) in [6.45, 7) is 29.3. The molecule has 1 N–H and O–H groups in total. The van der Waals surface area contributed by atoms with Gasteiger partial charge in [0, 0.05) is 12.0 Å². The van der Waals surface area contributed by atoms with Gasteiger partial charge in [-0.25, -0.2) is 0 Å². The maximum atomic E-state index is 3.89. The van der Waals surface area contributed by atoms with Crippen LogP contribution >= 0.6 is 0 Å². The highest BCUT2D eigenvalue weighted by atomic mass is 14.9. The lowest BCUT2D eigenvalue weighted by Gasteiger charge is -2.33. The van der Waals surface area contributed by atoms with Gasteiger partial charge < -0.3 is 5.32 Å². The minimum Gasteiger partial charge on any atom is -0.313 e. The van der Waals surface area contributed by atoms with E-state index in [1.807, 2.05) is 0 Å². The van der Waals surface area contributed by atoms with E-state index in [0.29, 0.717) is 12.0 Å². The molecule has 0 aromatic heterocycles. The number of rotatable bonds is 3. The van der Waals surface area contributed by atoms with Crippen LogP contribution in [-0.2, 0) is 21.7 Å². The van der Waals surface area contributed by atoms with Crippen LogP contribution in [0.15, 0.2) is 36.4 Å². The summed E-state index contributed by atoms with van der Waals surface area (Å²) in [6.07, 6.45) is 2.50. The molecule has 0 bridgehead atoms. The summed E-state index contributed by atoms with van der Waals surface area (Å²) in [5.74, 6) is 0.356. The summed E-state index contributed by atoms with van der Waals surface area (Å²) in [5.41, 5.74) is 9.20. The highest BCUT2D eigenvalue weighted by molar-refractivity contribution is 5.47. The van der Waals surface area contributed by atoms with Crippen molar-refractivity contribution in [1.82, 2.24) is 5.32 Å². The Balaban J connectivity index is 2.32. The van der Waals surface area contributed by atoms with Gasteiger partial charge in [-0.3, -0.25) is 0 Å². The first-order chi connectivity index (χ1) is 15.4. The second-order valence-electron chi connectivity index (χ2n) is 14.9. The lowest BCUT2D eigenvalue weighted by atomic mass is 9.73. The fraction of sp³-hybridized carbons (Fsp3) is 0.636. The lowest BCUT2D eigenvalue weighted by molar-refractivity contribution is 0.523. The van der Waals surface area contributed by atoms with Gasteiger partial charge in [0.05, 0.1) is 0 Å². The average Bonchev–Trinajstić information content (AvgIpc) is 3.19. The Morgan fingerprint density at radius 3 is 1.12 bits per heavy atom. The second kappa shape index (κ2) is 9.12. The Hall–Kier alpha value is -1.60. The fourth-order valence-electron chi connectivity index (χ4n) is 5.05. The van der Waals surface area contributed by atoms with Crippen LogP contribution in [0.25, 0.3) is 0 Å². The highest BCUT2D eigenvalue weighted by Gasteiger charge is 2.32. The number of benzene rings is 2. The molecule has 0 radical (unpaired) electrons. The maximum absolute atomic E-state index is 3.89. The van der Waals surface area contributed by atoms with Gasteiger partial charge in [0.15, 0.2) is 0 Å². The first-order valence-electron chi connectivity index (χ1n) is 13.4. The van der Waals surface area contributed by atoms with Gasteiger partial charge in [-0.05, 0) is 74.4 Å². The summed E-state index contributed by atoms with van der Waals surface area (Å²) >= 11 is 0. The van der Waals surface area contributed by atoms with Gasteiger partial charge in [0.2, 0.25) is 0 Å². The average molecular weight is 462 g/mol. The molecule has 188 valence electrons. The summed E-state index contributed by atoms with van der Waals surface area (Å²) < 4.78 is 0. The third-order valence-corrected chi connectivity index (χ3v) is 7.59. The quantitative estimate of drug-likeness (QED) is 0.481. The van der Waals surface area contributed by atoms with E-state index in [1.54, 1.807) is 0 Å². The molecule has 34 heavy (non-hydrogen) atoms. The van der Waals surface area contributed by atoms with E-state index >= 15 is 0 Å². The van der Waals surface area contributed by atoms with Gasteiger partial charge in [-0.1, -0.05) is 119 Å². The molecule has 0 aliphatic carbocycles. The molecule has 0 spiro atoms. The van der Waals surface area contributed by atoms with E-state index in [0.717, 1.165) is 6.54 Å². The molecule has 2 aromatic rings. The first-order valence-corrected chi connectivity index (χ1v) is 13.4. The van der Waals surface area contributed by atoms with Crippen LogP contribution in [0.3, 0.4) is 0 Å². The molecule has 1 saturated heterocycles. The van der Waals surface area contributed by atoms with Crippen LogP contribution in [-0.4, -0.2) is 12.6 Å². The maximum Gasteiger partial charge on any atom is 0.0243 e. The molecular formula is C33H51N. The minimum atomic E-state index is 0.119. The molecule has 0 unspecified atom stereocenters. The van der Waals surface area contributed by atoms with Crippen molar-refractivity contribution in [1.29, 1.82) is 0 Å². The van der Waals surface area contributed by atoms with E-state index in [1.165, 1.54) is 46.2 Å². The van der Waals surface area contributed by atoms with E-state index in [9.17, 15) is 0 Å². The van der Waals surface area contributed by atoms with Gasteiger partial charge in [-0.2, -0.15) is 0 Å². The van der Waals surface area contributed by atoms with E-state index in [2.05, 4.69) is 125 Å². The summed E-state index contributed by atoms with van der Waals surface area (Å²) in [4.78, 5) is 0. The van der Waals surface area contributed by atoms with Crippen LogP contribution < -0.4 is 5.32 Å². The zero-order chi connectivity index (χ0) is 25.7. The van der Waals surface area contributed by atoms with Gasteiger partial charge in [0.1, 0.15) is 0 Å². The third kappa shape index (κ3) is 6.14. The molecule has 3 rings (SSSR count). The molecular weight excluding hydrogens is 410 g/mol. The molecule has 0 amide bonds. The molecule has 0 saturated carbocycles. The molecule has 1 heteroatoms. The molecule has 1 atom stereocenters. The zero-order valence-corrected chi connectivity index (χ0v) is 24.2. The van der Waals surface area contributed by atoms with Gasteiger partial charge >= 0.3 is 0 Å². The monoisotopic (exact) mass is 461 g/mol. The van der Waals surface area contributed by atoms with Crippen LogP contribution in [0, 0.1) is 0 Å². The van der Waals surface area contributed by atoms with E-state index in [-0.39, 0.29) is 21.7 Å². The predicted octanol–water partition coefficient (Wildman–Crippen LogP) is 8.76. The molecule has 1 aliphatic rings. The van der Waals surface area contributed by atoms with Crippen molar-refractivity contribution >= 4 is 0 Å². The van der Waals surface area contributed by atoms with Crippen molar-refractivity contribution < 1.29 is 0 Å². The van der Waals surface area contributed by atoms with Crippen molar-refractivity contribution in [3.63, 3.8) is 0 Å². The fourth-order valence-corrected chi connectivity index (χ4v) is 5.05. The van der Waals surface area contributed by atoms with Crippen LogP contribution in [0.5, 0.6) is 0 Å². The van der Waals surface area contributed by atoms with Crippen LogP contribution in [0.2, 0.25) is 0 Å². The van der Waals surface area contributed by atoms with E-state index in [4.69, 9.17) is 0 Å². The summed E-state index contributed by atoms with van der Waals surface area (Å²) in [5, 5.41) is 3.89. The standard InChI is InChI=1S/C33H51N/c1-30(2,3)24-16-22(17-25(20-24)31(4,5)6)29(28-14-13-15-34-28)23-18-26(32(7,8)9)21-27(19-23)33(10,11)12/h16-21,28-29,34H,13-15H2,1-12H3/t28-/m0/s1. The third-order valence-electron chi connectivity index (χ3n) is 7.59. The van der Waals surface area contributed by atoms with Gasteiger partial charge in [-0.15, -0.1) is 0 Å². The number of nitrogens with one attached hydrogen (secondary N) is 1. The topological polar surface area (TPSA) is 12.0 Å². The number of hydrogen-bond acceptors (Lipinski definition) is 1. The molecule has 2 aromatic carbocycles. The molecule has 1 heterocycles. The van der Waals surface area contributed by atoms with Gasteiger partial charge in [0.25, 0.3) is 0 Å². The Morgan fingerprint density at radius 2 is 0.882 bits per heavy atom. The molecule has 1 fully saturated rings. The van der Waals surface area contributed by atoms with E-state index < -0.39 is 0 Å². The molecule has 1 nitrogen and oxygen atoms in total. The summed E-state index contributed by atoms with van der Waals surface area (Å²) in [6, 6.07) is 15.4. The first kappa shape index (κ1) is 27.0. The Morgan fingerprint density at radius 1 is 0.559 bits per heavy atom. The Bertz CT molecular complexity index is 853.